The topological polar surface area (TPSA) is 77.6 Å². The quantitative estimate of drug-likeness (QED) is 0.410. The molecule has 3 N–H and O–H groups in total. The van der Waals surface area contributed by atoms with E-state index in [1.165, 1.54) is 24.1 Å². The van der Waals surface area contributed by atoms with Crippen molar-refractivity contribution in [3.8, 4) is 0 Å². The van der Waals surface area contributed by atoms with E-state index in [1.54, 1.807) is 11.3 Å². The molecule has 0 bridgehead atoms. The van der Waals surface area contributed by atoms with Gasteiger partial charge in [-0.2, -0.15) is 4.98 Å². The van der Waals surface area contributed by atoms with Crippen molar-refractivity contribution in [3.05, 3.63) is 29.1 Å². The summed E-state index contributed by atoms with van der Waals surface area (Å²) < 4.78 is 5.60. The molecule has 4 heterocycles. The molecule has 192 valence electrons. The lowest BCUT2D eigenvalue weighted by Gasteiger charge is -2.34. The van der Waals surface area contributed by atoms with Crippen LogP contribution in [0.15, 0.2) is 23.6 Å². The average Bonchev–Trinajstić information content (AvgIpc) is 3.48. The number of nitrogens with one attached hydrogen (secondary N) is 3. The molecule has 1 saturated carbocycles. The number of ether oxygens (including phenoxy) is 1. The molecule has 6 rings (SSSR count). The highest BCUT2D eigenvalue weighted by atomic mass is 32.1. The molecule has 0 spiro atoms. The first kappa shape index (κ1) is 23.8. The molecule has 2 aliphatic heterocycles. The zero-order chi connectivity index (χ0) is 24.7. The first-order chi connectivity index (χ1) is 17.5. The second-order valence-electron chi connectivity index (χ2n) is 10.9. The summed E-state index contributed by atoms with van der Waals surface area (Å²) in [7, 11) is 2.20. The highest BCUT2D eigenvalue weighted by Gasteiger charge is 2.38. The third kappa shape index (κ3) is 5.10. The Kier molecular flexibility index (Phi) is 6.39. The Morgan fingerprint density at radius 3 is 2.58 bits per heavy atom. The predicted molar refractivity (Wildman–Crippen MR) is 150 cm³/mol. The largest absolute Gasteiger partial charge is 0.381 e. The van der Waals surface area contributed by atoms with E-state index < -0.39 is 0 Å². The molecule has 3 aromatic rings. The lowest BCUT2D eigenvalue weighted by molar-refractivity contribution is 0.0904. The number of fused-ring (bicyclic) bond motifs is 1. The van der Waals surface area contributed by atoms with Gasteiger partial charge in [-0.25, -0.2) is 4.98 Å². The Bertz CT molecular complexity index is 1230. The van der Waals surface area contributed by atoms with Gasteiger partial charge in [0.05, 0.1) is 16.8 Å². The maximum atomic E-state index is 5.60. The van der Waals surface area contributed by atoms with Crippen LogP contribution in [0, 0.1) is 6.92 Å². The summed E-state index contributed by atoms with van der Waals surface area (Å²) in [5.41, 5.74) is 4.75. The molecular formula is C27H37N7OS. The summed E-state index contributed by atoms with van der Waals surface area (Å²) in [6.45, 7) is 10.3. The molecule has 2 aromatic heterocycles. The van der Waals surface area contributed by atoms with Crippen molar-refractivity contribution in [2.45, 2.75) is 51.1 Å². The fraction of sp³-hybridized carbons (Fsp3) is 0.556. The molecule has 3 aliphatic rings. The lowest BCUT2D eigenvalue weighted by Crippen LogP contribution is -2.44. The Morgan fingerprint density at radius 1 is 1.06 bits per heavy atom. The summed E-state index contributed by atoms with van der Waals surface area (Å²) in [6.07, 6.45) is 4.39. The monoisotopic (exact) mass is 507 g/mol. The number of nitrogens with zero attached hydrogens (tertiary/aromatic N) is 4. The fourth-order valence-electron chi connectivity index (χ4n) is 5.03. The van der Waals surface area contributed by atoms with Gasteiger partial charge < -0.3 is 30.5 Å². The van der Waals surface area contributed by atoms with Crippen LogP contribution in [0.4, 0.5) is 28.8 Å². The van der Waals surface area contributed by atoms with E-state index in [1.807, 2.05) is 0 Å². The van der Waals surface area contributed by atoms with Crippen molar-refractivity contribution < 1.29 is 4.74 Å². The van der Waals surface area contributed by atoms with E-state index >= 15 is 0 Å². The van der Waals surface area contributed by atoms with Crippen LogP contribution in [0.2, 0.25) is 0 Å². The SMILES string of the molecule is Cc1csc2nc(Nc3ccc(N4CCN(C)CC4)cc3NC3CCOCC3)nc(NC3(C)CC3)c12. The van der Waals surface area contributed by atoms with Gasteiger partial charge in [-0.05, 0) is 75.7 Å². The second kappa shape index (κ2) is 9.68. The number of likely N-dealkylation sites (N-methyl/N-ethyl adjacent to an activating group) is 1. The number of aryl methyl sites for hydroxylation is 1. The number of benzene rings is 1. The van der Waals surface area contributed by atoms with E-state index in [4.69, 9.17) is 14.7 Å². The van der Waals surface area contributed by atoms with Gasteiger partial charge in [0, 0.05) is 56.7 Å². The fourth-order valence-corrected chi connectivity index (χ4v) is 5.95. The number of aromatic nitrogens is 2. The standard InChI is InChI=1S/C27H37N7OS/c1-18-17-36-25-23(18)24(32-27(2)8-9-27)30-26(31-25)29-21-5-4-20(34-12-10-33(3)11-13-34)16-22(21)28-19-6-14-35-15-7-19/h4-5,16-17,19,28H,6-15H2,1-3H3,(H2,29,30,31,32). The van der Waals surface area contributed by atoms with Crippen LogP contribution in [0.1, 0.15) is 38.2 Å². The third-order valence-corrected chi connectivity index (χ3v) is 8.73. The minimum absolute atomic E-state index is 0.146. The third-order valence-electron chi connectivity index (χ3n) is 7.74. The van der Waals surface area contributed by atoms with Crippen LogP contribution in [0.3, 0.4) is 0 Å². The van der Waals surface area contributed by atoms with Crippen LogP contribution in [-0.4, -0.2) is 72.9 Å². The smallest absolute Gasteiger partial charge is 0.230 e. The van der Waals surface area contributed by atoms with Crippen molar-refractivity contribution in [2.75, 3.05) is 67.3 Å². The molecule has 36 heavy (non-hydrogen) atoms. The maximum absolute atomic E-state index is 5.60. The highest BCUT2D eigenvalue weighted by Crippen LogP contribution is 2.41. The Hall–Kier alpha value is -2.62. The van der Waals surface area contributed by atoms with Gasteiger partial charge in [-0.3, -0.25) is 0 Å². The molecule has 2 saturated heterocycles. The second-order valence-corrected chi connectivity index (χ2v) is 11.7. The van der Waals surface area contributed by atoms with Gasteiger partial charge in [0.2, 0.25) is 5.95 Å². The van der Waals surface area contributed by atoms with Crippen LogP contribution in [0.5, 0.6) is 0 Å². The summed E-state index contributed by atoms with van der Waals surface area (Å²) in [5, 5.41) is 14.4. The normalized spacial score (nSPS) is 20.5. The number of anilines is 5. The van der Waals surface area contributed by atoms with E-state index in [9.17, 15) is 0 Å². The van der Waals surface area contributed by atoms with Crippen molar-refractivity contribution >= 4 is 50.4 Å². The van der Waals surface area contributed by atoms with E-state index in [0.717, 1.165) is 79.6 Å². The van der Waals surface area contributed by atoms with Crippen LogP contribution in [0.25, 0.3) is 10.2 Å². The number of hydrogen-bond acceptors (Lipinski definition) is 9. The molecule has 0 unspecified atom stereocenters. The molecule has 0 atom stereocenters. The minimum atomic E-state index is 0.146. The molecule has 0 amide bonds. The van der Waals surface area contributed by atoms with Crippen LogP contribution < -0.4 is 20.9 Å². The van der Waals surface area contributed by atoms with Gasteiger partial charge in [-0.15, -0.1) is 11.3 Å². The zero-order valence-electron chi connectivity index (χ0n) is 21.6. The molecule has 8 nitrogen and oxygen atoms in total. The summed E-state index contributed by atoms with van der Waals surface area (Å²) in [6, 6.07) is 7.10. The van der Waals surface area contributed by atoms with Crippen molar-refractivity contribution in [3.63, 3.8) is 0 Å². The number of rotatable bonds is 7. The van der Waals surface area contributed by atoms with Crippen molar-refractivity contribution in [2.24, 2.45) is 0 Å². The summed E-state index contributed by atoms with van der Waals surface area (Å²) in [4.78, 5) is 15.8. The minimum Gasteiger partial charge on any atom is -0.381 e. The molecule has 3 fully saturated rings. The molecule has 9 heteroatoms. The first-order valence-corrected chi connectivity index (χ1v) is 14.1. The molecule has 0 radical (unpaired) electrons. The van der Waals surface area contributed by atoms with E-state index in [0.29, 0.717) is 12.0 Å². The lowest BCUT2D eigenvalue weighted by atomic mass is 10.1. The van der Waals surface area contributed by atoms with Gasteiger partial charge >= 0.3 is 0 Å². The van der Waals surface area contributed by atoms with E-state index in [2.05, 4.69) is 70.2 Å². The molecular weight excluding hydrogens is 470 g/mol. The summed E-state index contributed by atoms with van der Waals surface area (Å²) in [5.74, 6) is 1.58. The predicted octanol–water partition coefficient (Wildman–Crippen LogP) is 5.05. The van der Waals surface area contributed by atoms with Crippen LogP contribution in [-0.2, 0) is 4.74 Å². The van der Waals surface area contributed by atoms with E-state index in [-0.39, 0.29) is 5.54 Å². The van der Waals surface area contributed by atoms with Gasteiger partial charge in [0.25, 0.3) is 0 Å². The van der Waals surface area contributed by atoms with Gasteiger partial charge in [-0.1, -0.05) is 0 Å². The Balaban J connectivity index is 1.32. The number of thiophene rings is 1. The number of hydrogen-bond donors (Lipinski definition) is 3. The highest BCUT2D eigenvalue weighted by molar-refractivity contribution is 7.17. The zero-order valence-corrected chi connectivity index (χ0v) is 22.4. The maximum Gasteiger partial charge on any atom is 0.230 e. The van der Waals surface area contributed by atoms with Gasteiger partial charge in [0.1, 0.15) is 10.6 Å². The Labute approximate surface area is 217 Å². The van der Waals surface area contributed by atoms with Crippen molar-refractivity contribution in [1.29, 1.82) is 0 Å². The molecule has 1 aliphatic carbocycles. The molecule has 1 aromatic carbocycles. The van der Waals surface area contributed by atoms with Gasteiger partial charge in [0.15, 0.2) is 0 Å². The number of piperazine rings is 1. The average molecular weight is 508 g/mol. The summed E-state index contributed by atoms with van der Waals surface area (Å²) >= 11 is 1.68. The first-order valence-electron chi connectivity index (χ1n) is 13.2. The Morgan fingerprint density at radius 2 is 1.83 bits per heavy atom. The van der Waals surface area contributed by atoms with Crippen molar-refractivity contribution in [1.82, 2.24) is 14.9 Å². The van der Waals surface area contributed by atoms with Crippen LogP contribution >= 0.6 is 11.3 Å².